The lowest BCUT2D eigenvalue weighted by Gasteiger charge is -2.26. The van der Waals surface area contributed by atoms with Crippen molar-refractivity contribution in [3.8, 4) is 0 Å². The minimum Gasteiger partial charge on any atom is -0.445 e. The molecule has 2 atom stereocenters. The largest absolute Gasteiger partial charge is 0.445 e. The molecule has 5 nitrogen and oxygen atoms in total. The molecule has 0 spiro atoms. The fourth-order valence-electron chi connectivity index (χ4n) is 1.98. The van der Waals surface area contributed by atoms with Crippen molar-refractivity contribution in [2.45, 2.75) is 18.8 Å². The van der Waals surface area contributed by atoms with Gasteiger partial charge in [0.05, 0.1) is 12.6 Å². The molecule has 0 saturated carbocycles. The molecule has 1 aromatic carbocycles. The zero-order valence-electron chi connectivity index (χ0n) is 10.5. The third kappa shape index (κ3) is 3.33. The molecule has 0 aliphatic carbocycles. The summed E-state index contributed by atoms with van der Waals surface area (Å²) in [7, 11) is 0. The van der Waals surface area contributed by atoms with Gasteiger partial charge in [-0.1, -0.05) is 42.5 Å². The van der Waals surface area contributed by atoms with Crippen molar-refractivity contribution in [3.05, 3.63) is 48.0 Å². The fourth-order valence-corrected chi connectivity index (χ4v) is 1.98. The first-order valence-electron chi connectivity index (χ1n) is 6.15. The highest BCUT2D eigenvalue weighted by Crippen LogP contribution is 2.15. The number of amides is 1. The average molecular weight is 263 g/mol. The summed E-state index contributed by atoms with van der Waals surface area (Å²) < 4.78 is 5.19. The van der Waals surface area contributed by atoms with Crippen LogP contribution in [0.3, 0.4) is 0 Å². The molecule has 5 heteroatoms. The van der Waals surface area contributed by atoms with E-state index in [1.165, 1.54) is 4.90 Å². The first kappa shape index (κ1) is 13.6. The van der Waals surface area contributed by atoms with Gasteiger partial charge in [-0.25, -0.2) is 4.79 Å². The number of aliphatic hydroxyl groups excluding tert-OH is 2. The third-order valence-corrected chi connectivity index (χ3v) is 3.02. The van der Waals surface area contributed by atoms with E-state index in [9.17, 15) is 9.90 Å². The number of hydrogen-bond acceptors (Lipinski definition) is 4. The SMILES string of the molecule is O=C(OCc1ccccc1)N1CC=C[C@@H]1[C@H](O)CO. The molecule has 1 aliphatic heterocycles. The van der Waals surface area contributed by atoms with Crippen molar-refractivity contribution in [2.75, 3.05) is 13.2 Å². The minimum absolute atomic E-state index is 0.193. The number of aliphatic hydroxyl groups is 2. The van der Waals surface area contributed by atoms with Gasteiger partial charge in [0.15, 0.2) is 0 Å². The highest BCUT2D eigenvalue weighted by molar-refractivity contribution is 5.69. The van der Waals surface area contributed by atoms with Crippen molar-refractivity contribution in [1.29, 1.82) is 0 Å². The quantitative estimate of drug-likeness (QED) is 0.792. The Balaban J connectivity index is 1.90. The molecule has 102 valence electrons. The monoisotopic (exact) mass is 263 g/mol. The van der Waals surface area contributed by atoms with Gasteiger partial charge >= 0.3 is 6.09 Å². The molecule has 0 bridgehead atoms. The van der Waals surface area contributed by atoms with Crippen LogP contribution < -0.4 is 0 Å². The summed E-state index contributed by atoms with van der Waals surface area (Å²) in [5.74, 6) is 0. The predicted octanol–water partition coefficient (Wildman–Crippen LogP) is 0.917. The Bertz CT molecular complexity index is 446. The van der Waals surface area contributed by atoms with Gasteiger partial charge in [0.1, 0.15) is 12.7 Å². The van der Waals surface area contributed by atoms with Crippen molar-refractivity contribution in [2.24, 2.45) is 0 Å². The smallest absolute Gasteiger partial charge is 0.410 e. The van der Waals surface area contributed by atoms with E-state index in [1.807, 2.05) is 30.3 Å². The first-order valence-corrected chi connectivity index (χ1v) is 6.15. The van der Waals surface area contributed by atoms with Crippen LogP contribution in [0.2, 0.25) is 0 Å². The van der Waals surface area contributed by atoms with Crippen LogP contribution in [0.4, 0.5) is 4.79 Å². The van der Waals surface area contributed by atoms with E-state index in [-0.39, 0.29) is 6.61 Å². The van der Waals surface area contributed by atoms with Crippen LogP contribution in [-0.2, 0) is 11.3 Å². The van der Waals surface area contributed by atoms with Crippen molar-refractivity contribution in [1.82, 2.24) is 4.90 Å². The van der Waals surface area contributed by atoms with E-state index in [0.29, 0.717) is 6.54 Å². The van der Waals surface area contributed by atoms with Gasteiger partial charge < -0.3 is 14.9 Å². The number of hydrogen-bond donors (Lipinski definition) is 2. The van der Waals surface area contributed by atoms with Crippen molar-refractivity contribution in [3.63, 3.8) is 0 Å². The van der Waals surface area contributed by atoms with Gasteiger partial charge in [-0.15, -0.1) is 0 Å². The normalized spacial score (nSPS) is 19.5. The second-order valence-corrected chi connectivity index (χ2v) is 4.36. The molecule has 1 heterocycles. The number of rotatable bonds is 4. The molecule has 0 aromatic heterocycles. The molecule has 1 amide bonds. The maximum Gasteiger partial charge on any atom is 0.410 e. The Hall–Kier alpha value is -1.85. The van der Waals surface area contributed by atoms with Crippen LogP contribution >= 0.6 is 0 Å². The highest BCUT2D eigenvalue weighted by atomic mass is 16.6. The summed E-state index contributed by atoms with van der Waals surface area (Å²) in [6.45, 7) is 0.185. The molecule has 0 saturated heterocycles. The molecular weight excluding hydrogens is 246 g/mol. The minimum atomic E-state index is -0.983. The fraction of sp³-hybridized carbons (Fsp3) is 0.357. The summed E-state index contributed by atoms with van der Waals surface area (Å²) in [5, 5.41) is 18.6. The van der Waals surface area contributed by atoms with Crippen LogP contribution in [-0.4, -0.2) is 46.5 Å². The van der Waals surface area contributed by atoms with Crippen LogP contribution in [0.25, 0.3) is 0 Å². The zero-order chi connectivity index (χ0) is 13.7. The van der Waals surface area contributed by atoms with Crippen LogP contribution in [0.5, 0.6) is 0 Å². The van der Waals surface area contributed by atoms with Crippen molar-refractivity contribution < 1.29 is 19.7 Å². The van der Waals surface area contributed by atoms with Crippen LogP contribution in [0, 0.1) is 0 Å². The summed E-state index contributed by atoms with van der Waals surface area (Å²) in [4.78, 5) is 13.3. The summed E-state index contributed by atoms with van der Waals surface area (Å²) in [6, 6.07) is 8.86. The number of benzene rings is 1. The van der Waals surface area contributed by atoms with E-state index >= 15 is 0 Å². The highest BCUT2D eigenvalue weighted by Gasteiger charge is 2.31. The number of ether oxygens (including phenoxy) is 1. The van der Waals surface area contributed by atoms with Gasteiger partial charge in [0.2, 0.25) is 0 Å². The number of carbonyl (C=O) groups is 1. The molecular formula is C14H17NO4. The topological polar surface area (TPSA) is 70.0 Å². The number of nitrogens with zero attached hydrogens (tertiary/aromatic N) is 1. The molecule has 0 radical (unpaired) electrons. The van der Waals surface area contributed by atoms with E-state index in [4.69, 9.17) is 9.84 Å². The van der Waals surface area contributed by atoms with E-state index < -0.39 is 24.8 Å². The average Bonchev–Trinajstić information content (AvgIpc) is 2.94. The second kappa shape index (κ2) is 6.36. The van der Waals surface area contributed by atoms with Gasteiger partial charge in [-0.2, -0.15) is 0 Å². The molecule has 0 unspecified atom stereocenters. The lowest BCUT2D eigenvalue weighted by molar-refractivity contribution is 0.0291. The summed E-state index contributed by atoms with van der Waals surface area (Å²) in [6.07, 6.45) is 1.99. The van der Waals surface area contributed by atoms with Crippen LogP contribution in [0.15, 0.2) is 42.5 Å². The van der Waals surface area contributed by atoms with Gasteiger partial charge in [-0.05, 0) is 5.56 Å². The molecule has 1 aromatic rings. The standard InChI is InChI=1S/C14H17NO4/c16-9-13(17)12-7-4-8-15(12)14(18)19-10-11-5-2-1-3-6-11/h1-7,12-13,16-17H,8-10H2/t12-,13-/m1/s1. The predicted molar refractivity (Wildman–Crippen MR) is 69.4 cm³/mol. The maximum absolute atomic E-state index is 11.9. The first-order chi connectivity index (χ1) is 9.22. The lowest BCUT2D eigenvalue weighted by atomic mass is 10.2. The van der Waals surface area contributed by atoms with E-state index in [1.54, 1.807) is 12.2 Å². The van der Waals surface area contributed by atoms with Gasteiger partial charge in [0, 0.05) is 6.54 Å². The maximum atomic E-state index is 11.9. The number of carbonyl (C=O) groups excluding carboxylic acids is 1. The molecule has 2 N–H and O–H groups in total. The zero-order valence-corrected chi connectivity index (χ0v) is 10.5. The van der Waals surface area contributed by atoms with E-state index in [2.05, 4.69) is 0 Å². The Morgan fingerprint density at radius 2 is 2.16 bits per heavy atom. The van der Waals surface area contributed by atoms with Crippen LogP contribution in [0.1, 0.15) is 5.56 Å². The Morgan fingerprint density at radius 3 is 2.84 bits per heavy atom. The van der Waals surface area contributed by atoms with Gasteiger partial charge in [0.25, 0.3) is 0 Å². The molecule has 0 fully saturated rings. The van der Waals surface area contributed by atoms with Gasteiger partial charge in [-0.3, -0.25) is 4.90 Å². The third-order valence-electron chi connectivity index (χ3n) is 3.02. The lowest BCUT2D eigenvalue weighted by Crippen LogP contribution is -2.44. The molecule has 19 heavy (non-hydrogen) atoms. The van der Waals surface area contributed by atoms with Crippen molar-refractivity contribution >= 4 is 6.09 Å². The Labute approximate surface area is 111 Å². The Morgan fingerprint density at radius 1 is 1.42 bits per heavy atom. The second-order valence-electron chi connectivity index (χ2n) is 4.36. The summed E-state index contributed by atoms with van der Waals surface area (Å²) in [5.41, 5.74) is 0.905. The Kier molecular flexibility index (Phi) is 4.54. The van der Waals surface area contributed by atoms with E-state index in [0.717, 1.165) is 5.56 Å². The molecule has 2 rings (SSSR count). The summed E-state index contributed by atoms with van der Waals surface area (Å²) >= 11 is 0. The molecule has 1 aliphatic rings.